The van der Waals surface area contributed by atoms with Crippen LogP contribution in [0.4, 0.5) is 28.7 Å². The Morgan fingerprint density at radius 2 is 1.85 bits per heavy atom. The number of benzene rings is 2. The topological polar surface area (TPSA) is 95.0 Å². The number of likely N-dealkylation sites (N-methyl/N-ethyl adjacent to an activating group) is 2. The van der Waals surface area contributed by atoms with Crippen LogP contribution in [0.5, 0.6) is 5.75 Å². The van der Waals surface area contributed by atoms with Gasteiger partial charge >= 0.3 is 0 Å². The highest BCUT2D eigenvalue weighted by Crippen LogP contribution is 2.39. The molecule has 0 bridgehead atoms. The maximum absolute atomic E-state index is 12.4. The molecule has 4 aromatic rings. The SMILES string of the molecule is C=CC(=O)Nc1cc(Nc2nc(-c3cc(C)c(N=C(C)C)c(P)c3)c3ccsc3n2)c(OC)cc1N(C)CCN(C)C.CCCC(C)C. The molecule has 0 fully saturated rings. The predicted molar refractivity (Wildman–Crippen MR) is 212 cm³/mol. The fraction of sp³-hybridized carbons (Fsp3) is 0.405. The van der Waals surface area contributed by atoms with Gasteiger partial charge in [-0.25, -0.2) is 9.97 Å². The third-order valence-electron chi connectivity index (χ3n) is 7.43. The standard InChI is InChI=1S/C31H38N7O2PS.C6H14/c1-9-27(39)33-22-16-23(25(40-8)17-24(22)38(7)12-11-37(5)6)34-31-35-29(21-10-13-42-30(21)36-31)20-14-19(4)28(26(41)15-20)32-18(2)3;1-4-5-6(2)3/h9-10,13-17H,1,11-12,41H2,2-8H3,(H,33,39)(H,34,35,36);6H,4-5H2,1-3H3. The molecule has 258 valence electrons. The van der Waals surface area contributed by atoms with Crippen molar-refractivity contribution in [2.75, 3.05) is 56.9 Å². The second-order valence-corrected chi connectivity index (χ2v) is 14.1. The molecule has 1 amide bonds. The van der Waals surface area contributed by atoms with Crippen molar-refractivity contribution in [2.24, 2.45) is 10.9 Å². The second-order valence-electron chi connectivity index (χ2n) is 12.6. The normalized spacial score (nSPS) is 10.9. The third-order valence-corrected chi connectivity index (χ3v) is 8.68. The van der Waals surface area contributed by atoms with Crippen LogP contribution in [0.3, 0.4) is 0 Å². The number of aromatic nitrogens is 2. The Labute approximate surface area is 293 Å². The number of anilines is 4. The zero-order valence-corrected chi connectivity index (χ0v) is 32.2. The fourth-order valence-electron chi connectivity index (χ4n) is 5.05. The van der Waals surface area contributed by atoms with E-state index < -0.39 is 0 Å². The number of rotatable bonds is 13. The van der Waals surface area contributed by atoms with Gasteiger partial charge in [-0.15, -0.1) is 20.6 Å². The van der Waals surface area contributed by atoms with Gasteiger partial charge in [0.2, 0.25) is 11.9 Å². The molecule has 2 aromatic carbocycles. The van der Waals surface area contributed by atoms with Crippen molar-refractivity contribution in [3.05, 3.63) is 53.9 Å². The van der Waals surface area contributed by atoms with E-state index in [-0.39, 0.29) is 5.91 Å². The summed E-state index contributed by atoms with van der Waals surface area (Å²) >= 11 is 1.55. The number of aliphatic imine (C=N–C) groups is 1. The molecule has 1 atom stereocenters. The summed E-state index contributed by atoms with van der Waals surface area (Å²) in [7, 11) is 10.4. The van der Waals surface area contributed by atoms with E-state index in [9.17, 15) is 4.79 Å². The molecule has 1 unspecified atom stereocenters. The first kappa shape index (κ1) is 38.6. The van der Waals surface area contributed by atoms with E-state index in [1.54, 1.807) is 18.4 Å². The van der Waals surface area contributed by atoms with Gasteiger partial charge in [0.05, 0.1) is 35.6 Å². The number of fused-ring (bicyclic) bond motifs is 1. The molecular weight excluding hydrogens is 637 g/mol. The van der Waals surface area contributed by atoms with Gasteiger partial charge in [-0.3, -0.25) is 9.79 Å². The summed E-state index contributed by atoms with van der Waals surface area (Å²) in [4.78, 5) is 31.9. The second kappa shape index (κ2) is 18.1. The summed E-state index contributed by atoms with van der Waals surface area (Å²) in [6.07, 6.45) is 3.96. The molecule has 11 heteroatoms. The molecule has 2 N–H and O–H groups in total. The molecule has 0 spiro atoms. The average molecular weight is 690 g/mol. The quantitative estimate of drug-likeness (QED) is 0.0825. The molecule has 0 aliphatic heterocycles. The Kier molecular flexibility index (Phi) is 14.5. The number of nitrogens with one attached hydrogen (secondary N) is 2. The number of thiophene rings is 1. The van der Waals surface area contributed by atoms with Crippen molar-refractivity contribution < 1.29 is 9.53 Å². The summed E-state index contributed by atoms with van der Waals surface area (Å²) in [5.74, 6) is 1.61. The largest absolute Gasteiger partial charge is 0.494 e. The van der Waals surface area contributed by atoms with Crippen molar-refractivity contribution >= 4 is 76.4 Å². The number of aryl methyl sites for hydroxylation is 1. The van der Waals surface area contributed by atoms with E-state index >= 15 is 0 Å². The summed E-state index contributed by atoms with van der Waals surface area (Å²) in [5, 5.41) is 10.3. The number of amides is 1. The van der Waals surface area contributed by atoms with Gasteiger partial charge < -0.3 is 25.2 Å². The number of hydrogen-bond donors (Lipinski definition) is 2. The lowest BCUT2D eigenvalue weighted by Gasteiger charge is -2.26. The monoisotopic (exact) mass is 689 g/mol. The van der Waals surface area contributed by atoms with Crippen LogP contribution in [0.25, 0.3) is 21.5 Å². The van der Waals surface area contributed by atoms with Gasteiger partial charge in [0.25, 0.3) is 0 Å². The average Bonchev–Trinajstić information content (AvgIpc) is 3.50. The molecule has 2 heterocycles. The molecule has 4 rings (SSSR count). The Morgan fingerprint density at radius 3 is 2.42 bits per heavy atom. The molecule has 9 nitrogen and oxygen atoms in total. The van der Waals surface area contributed by atoms with Gasteiger partial charge in [-0.05, 0) is 87.4 Å². The van der Waals surface area contributed by atoms with Crippen LogP contribution in [0, 0.1) is 12.8 Å². The Hall–Kier alpha value is -3.85. The van der Waals surface area contributed by atoms with Crippen LogP contribution in [0.2, 0.25) is 0 Å². The van der Waals surface area contributed by atoms with E-state index in [4.69, 9.17) is 19.7 Å². The first-order chi connectivity index (χ1) is 22.8. The van der Waals surface area contributed by atoms with Crippen LogP contribution in [0.15, 0.2) is 53.4 Å². The molecule has 0 saturated heterocycles. The fourth-order valence-corrected chi connectivity index (χ4v) is 6.29. The first-order valence-corrected chi connectivity index (χ1v) is 17.7. The Morgan fingerprint density at radius 1 is 1.12 bits per heavy atom. The van der Waals surface area contributed by atoms with Crippen LogP contribution in [0.1, 0.15) is 53.0 Å². The summed E-state index contributed by atoms with van der Waals surface area (Å²) in [6.45, 7) is 18.0. The molecule has 2 aromatic heterocycles. The highest BCUT2D eigenvalue weighted by Gasteiger charge is 2.19. The number of nitrogens with zero attached hydrogens (tertiary/aromatic N) is 5. The van der Waals surface area contributed by atoms with Gasteiger partial charge in [0.15, 0.2) is 0 Å². The van der Waals surface area contributed by atoms with Crippen LogP contribution >= 0.6 is 20.6 Å². The zero-order valence-electron chi connectivity index (χ0n) is 30.2. The molecule has 0 aliphatic carbocycles. The van der Waals surface area contributed by atoms with E-state index in [1.165, 1.54) is 18.9 Å². The Balaban J connectivity index is 0.000000952. The zero-order chi connectivity index (χ0) is 35.5. The molecule has 0 radical (unpaired) electrons. The highest BCUT2D eigenvalue weighted by molar-refractivity contribution is 7.28. The van der Waals surface area contributed by atoms with Gasteiger partial charge in [-0.2, -0.15) is 0 Å². The summed E-state index contributed by atoms with van der Waals surface area (Å²) in [5.41, 5.74) is 6.86. The van der Waals surface area contributed by atoms with E-state index in [1.807, 2.05) is 58.6 Å². The first-order valence-electron chi connectivity index (χ1n) is 16.2. The lowest BCUT2D eigenvalue weighted by molar-refractivity contribution is -0.111. The molecule has 0 aliphatic rings. The summed E-state index contributed by atoms with van der Waals surface area (Å²) in [6, 6.07) is 9.99. The van der Waals surface area contributed by atoms with Crippen LogP contribution in [-0.4, -0.2) is 67.8 Å². The Bertz CT molecular complexity index is 1720. The van der Waals surface area contributed by atoms with Crippen molar-refractivity contribution in [1.29, 1.82) is 0 Å². The molecular formula is C37H52N7O2PS. The van der Waals surface area contributed by atoms with Gasteiger partial charge in [-0.1, -0.05) is 40.2 Å². The number of ether oxygens (including phenoxy) is 1. The van der Waals surface area contributed by atoms with Crippen molar-refractivity contribution in [1.82, 2.24) is 14.9 Å². The van der Waals surface area contributed by atoms with Gasteiger partial charge in [0.1, 0.15) is 10.6 Å². The lowest BCUT2D eigenvalue weighted by Crippen LogP contribution is -2.29. The molecule has 48 heavy (non-hydrogen) atoms. The summed E-state index contributed by atoms with van der Waals surface area (Å²) < 4.78 is 5.78. The lowest BCUT2D eigenvalue weighted by atomic mass is 10.0. The number of methoxy groups -OCH3 is 1. The van der Waals surface area contributed by atoms with Gasteiger partial charge in [0, 0.05) is 42.9 Å². The maximum Gasteiger partial charge on any atom is 0.247 e. The van der Waals surface area contributed by atoms with Crippen molar-refractivity contribution in [2.45, 2.75) is 54.4 Å². The minimum Gasteiger partial charge on any atom is -0.494 e. The van der Waals surface area contributed by atoms with Crippen molar-refractivity contribution in [3.63, 3.8) is 0 Å². The molecule has 0 saturated carbocycles. The number of carbonyl (C=O) groups is 1. The maximum atomic E-state index is 12.4. The highest BCUT2D eigenvalue weighted by atomic mass is 32.1. The number of carbonyl (C=O) groups excluding carboxylic acids is 1. The van der Waals surface area contributed by atoms with E-state index in [0.717, 1.165) is 68.4 Å². The van der Waals surface area contributed by atoms with E-state index in [0.29, 0.717) is 23.1 Å². The smallest absolute Gasteiger partial charge is 0.247 e. The van der Waals surface area contributed by atoms with Crippen LogP contribution in [-0.2, 0) is 4.79 Å². The predicted octanol–water partition coefficient (Wildman–Crippen LogP) is 8.60. The van der Waals surface area contributed by atoms with Crippen molar-refractivity contribution in [3.8, 4) is 17.0 Å². The minimum atomic E-state index is -0.304. The third kappa shape index (κ3) is 10.6. The number of hydrogen-bond acceptors (Lipinski definition) is 9. The van der Waals surface area contributed by atoms with Crippen LogP contribution < -0.4 is 25.6 Å². The van der Waals surface area contributed by atoms with E-state index in [2.05, 4.69) is 76.1 Å². The minimum absolute atomic E-state index is 0.304.